The van der Waals surface area contributed by atoms with Crippen LogP contribution in [0.5, 0.6) is 0 Å². The maximum Gasteiger partial charge on any atom is 0.302 e. The zero-order chi connectivity index (χ0) is 19.5. The van der Waals surface area contributed by atoms with E-state index in [4.69, 9.17) is 4.74 Å². The summed E-state index contributed by atoms with van der Waals surface area (Å²) >= 11 is 0. The molecule has 4 nitrogen and oxygen atoms in total. The van der Waals surface area contributed by atoms with Gasteiger partial charge >= 0.3 is 5.97 Å². The Balaban J connectivity index is 1.43. The number of ether oxygens (including phenoxy) is 1. The Kier molecular flexibility index (Phi) is 3.98. The van der Waals surface area contributed by atoms with E-state index in [1.54, 1.807) is 5.57 Å². The summed E-state index contributed by atoms with van der Waals surface area (Å²) in [5.41, 5.74) is 4.90. The number of carbonyl (C=O) groups excluding carboxylic acids is 1. The summed E-state index contributed by atoms with van der Waals surface area (Å²) in [4.78, 5) is 15.7. The Bertz CT molecular complexity index is 894. The van der Waals surface area contributed by atoms with Gasteiger partial charge in [0.25, 0.3) is 0 Å². The Hall–Kier alpha value is -2.10. The standard InChI is InChI=1S/C24H30N2O2/c1-16(27)28-18-8-10-23(2)17(14-18)4-5-19-20-6-7-22(26-13-12-25-15-26)24(20,3)11-9-21(19)23/h4,6-7,12-13,15,18-19,21H,5,8-11,14H2,1-3H3/t18-,19?,21?,23-,24-/m0/s1. The molecule has 4 heteroatoms. The fourth-order valence-corrected chi connectivity index (χ4v) is 6.72. The van der Waals surface area contributed by atoms with E-state index in [9.17, 15) is 4.79 Å². The first-order valence-corrected chi connectivity index (χ1v) is 10.7. The zero-order valence-electron chi connectivity index (χ0n) is 17.1. The summed E-state index contributed by atoms with van der Waals surface area (Å²) in [6.07, 6.45) is 19.8. The summed E-state index contributed by atoms with van der Waals surface area (Å²) in [7, 11) is 0. The van der Waals surface area contributed by atoms with Crippen LogP contribution in [0.15, 0.2) is 48.1 Å². The lowest BCUT2D eigenvalue weighted by Crippen LogP contribution is -2.47. The van der Waals surface area contributed by atoms with Crippen LogP contribution in [0.2, 0.25) is 0 Å². The van der Waals surface area contributed by atoms with Crippen LogP contribution in [0, 0.1) is 22.7 Å². The molecule has 5 atom stereocenters. The van der Waals surface area contributed by atoms with Crippen LogP contribution in [0.1, 0.15) is 59.3 Å². The maximum absolute atomic E-state index is 11.4. The lowest BCUT2D eigenvalue weighted by Gasteiger charge is -2.56. The molecule has 0 aliphatic heterocycles. The highest BCUT2D eigenvalue weighted by Crippen LogP contribution is 2.64. The minimum absolute atomic E-state index is 0.0717. The first-order chi connectivity index (χ1) is 13.4. The van der Waals surface area contributed by atoms with Gasteiger partial charge in [-0.15, -0.1) is 0 Å². The van der Waals surface area contributed by atoms with Crippen molar-refractivity contribution in [3.8, 4) is 0 Å². The second-order valence-electron chi connectivity index (χ2n) is 9.58. The third-order valence-electron chi connectivity index (χ3n) is 8.18. The molecule has 0 spiro atoms. The zero-order valence-corrected chi connectivity index (χ0v) is 17.1. The Morgan fingerprint density at radius 3 is 2.86 bits per heavy atom. The van der Waals surface area contributed by atoms with Gasteiger partial charge in [0, 0.05) is 36.9 Å². The van der Waals surface area contributed by atoms with E-state index in [0.717, 1.165) is 25.7 Å². The van der Waals surface area contributed by atoms with Gasteiger partial charge in [-0.25, -0.2) is 4.98 Å². The molecule has 0 saturated heterocycles. The molecule has 5 rings (SSSR count). The Labute approximate surface area is 167 Å². The number of rotatable bonds is 2. The first-order valence-electron chi connectivity index (χ1n) is 10.7. The third kappa shape index (κ3) is 2.49. The van der Waals surface area contributed by atoms with Crippen molar-refractivity contribution in [2.75, 3.05) is 0 Å². The molecule has 0 aromatic carbocycles. The molecule has 4 aliphatic rings. The van der Waals surface area contributed by atoms with E-state index in [1.165, 1.54) is 31.0 Å². The summed E-state index contributed by atoms with van der Waals surface area (Å²) < 4.78 is 7.75. The summed E-state index contributed by atoms with van der Waals surface area (Å²) in [5, 5.41) is 0. The van der Waals surface area contributed by atoms with Crippen molar-refractivity contribution in [3.05, 3.63) is 48.1 Å². The van der Waals surface area contributed by atoms with Crippen LogP contribution in [-0.4, -0.2) is 21.6 Å². The highest BCUT2D eigenvalue weighted by Gasteiger charge is 2.54. The molecular weight excluding hydrogens is 348 g/mol. The van der Waals surface area contributed by atoms with Crippen molar-refractivity contribution < 1.29 is 9.53 Å². The van der Waals surface area contributed by atoms with Crippen LogP contribution < -0.4 is 0 Å². The molecule has 148 valence electrons. The van der Waals surface area contributed by atoms with Gasteiger partial charge in [0.1, 0.15) is 6.10 Å². The number of hydrogen-bond acceptors (Lipinski definition) is 3. The number of carbonyl (C=O) groups is 1. The summed E-state index contributed by atoms with van der Waals surface area (Å²) in [6.45, 7) is 6.42. The summed E-state index contributed by atoms with van der Waals surface area (Å²) in [5.74, 6) is 1.17. The average molecular weight is 379 g/mol. The Morgan fingerprint density at radius 2 is 2.11 bits per heavy atom. The molecule has 28 heavy (non-hydrogen) atoms. The normalized spacial score (nSPS) is 39.1. The highest BCUT2D eigenvalue weighted by molar-refractivity contribution is 5.67. The van der Waals surface area contributed by atoms with Crippen LogP contribution in [0.25, 0.3) is 5.70 Å². The number of imidazole rings is 1. The number of fused-ring (bicyclic) bond motifs is 5. The van der Waals surface area contributed by atoms with Gasteiger partial charge < -0.3 is 9.30 Å². The number of allylic oxidation sites excluding steroid dienone is 5. The van der Waals surface area contributed by atoms with Crippen molar-refractivity contribution in [1.29, 1.82) is 0 Å². The molecule has 0 N–H and O–H groups in total. The van der Waals surface area contributed by atoms with Crippen molar-refractivity contribution in [2.45, 2.75) is 65.4 Å². The van der Waals surface area contributed by atoms with E-state index in [2.05, 4.69) is 47.8 Å². The smallest absolute Gasteiger partial charge is 0.302 e. The number of esters is 1. The molecule has 0 radical (unpaired) electrons. The molecule has 1 aromatic heterocycles. The second kappa shape index (κ2) is 6.20. The van der Waals surface area contributed by atoms with Crippen molar-refractivity contribution in [1.82, 2.24) is 9.55 Å². The fourth-order valence-electron chi connectivity index (χ4n) is 6.72. The third-order valence-corrected chi connectivity index (χ3v) is 8.18. The first kappa shape index (κ1) is 18.0. The Morgan fingerprint density at radius 1 is 1.25 bits per heavy atom. The molecule has 0 amide bonds. The van der Waals surface area contributed by atoms with E-state index in [-0.39, 0.29) is 22.9 Å². The highest BCUT2D eigenvalue weighted by atomic mass is 16.5. The van der Waals surface area contributed by atoms with Gasteiger partial charge in [-0.2, -0.15) is 0 Å². The SMILES string of the molecule is CC(=O)O[C@H]1CC[C@@]2(C)C(=CCC3C4=CC=C(n5ccnc5)[C@@]4(C)CCC32)C1. The predicted molar refractivity (Wildman–Crippen MR) is 109 cm³/mol. The van der Waals surface area contributed by atoms with E-state index in [1.807, 2.05) is 12.5 Å². The van der Waals surface area contributed by atoms with Crippen molar-refractivity contribution in [3.63, 3.8) is 0 Å². The molecule has 1 aromatic rings. The lowest BCUT2D eigenvalue weighted by molar-refractivity contribution is -0.148. The predicted octanol–water partition coefficient (Wildman–Crippen LogP) is 5.15. The minimum Gasteiger partial charge on any atom is -0.462 e. The minimum atomic E-state index is -0.148. The quantitative estimate of drug-likeness (QED) is 0.528. The molecule has 0 bridgehead atoms. The van der Waals surface area contributed by atoms with Gasteiger partial charge in [-0.05, 0) is 55.4 Å². The molecule has 1 heterocycles. The maximum atomic E-state index is 11.4. The monoisotopic (exact) mass is 378 g/mol. The molecule has 2 unspecified atom stereocenters. The van der Waals surface area contributed by atoms with E-state index >= 15 is 0 Å². The average Bonchev–Trinajstić information content (AvgIpc) is 3.28. The van der Waals surface area contributed by atoms with E-state index < -0.39 is 0 Å². The van der Waals surface area contributed by atoms with Crippen LogP contribution in [0.4, 0.5) is 0 Å². The topological polar surface area (TPSA) is 44.1 Å². The van der Waals surface area contributed by atoms with Crippen LogP contribution in [0.3, 0.4) is 0 Å². The van der Waals surface area contributed by atoms with Crippen molar-refractivity contribution in [2.24, 2.45) is 22.7 Å². The second-order valence-corrected chi connectivity index (χ2v) is 9.58. The van der Waals surface area contributed by atoms with Gasteiger partial charge in [-0.3, -0.25) is 4.79 Å². The number of hydrogen-bond donors (Lipinski definition) is 0. The van der Waals surface area contributed by atoms with E-state index in [0.29, 0.717) is 11.8 Å². The van der Waals surface area contributed by atoms with Gasteiger partial charge in [0.05, 0.1) is 6.33 Å². The fraction of sp³-hybridized carbons (Fsp3) is 0.583. The molecule has 4 aliphatic carbocycles. The molecule has 2 fully saturated rings. The van der Waals surface area contributed by atoms with Crippen LogP contribution in [-0.2, 0) is 9.53 Å². The van der Waals surface area contributed by atoms with Crippen molar-refractivity contribution >= 4 is 11.7 Å². The molecule has 2 saturated carbocycles. The van der Waals surface area contributed by atoms with Gasteiger partial charge in [-0.1, -0.05) is 37.1 Å². The summed E-state index contributed by atoms with van der Waals surface area (Å²) in [6, 6.07) is 0. The molecular formula is C24H30N2O2. The number of nitrogens with zero attached hydrogens (tertiary/aromatic N) is 2. The van der Waals surface area contributed by atoms with Gasteiger partial charge in [0.2, 0.25) is 0 Å². The lowest BCUT2D eigenvalue weighted by atomic mass is 9.49. The number of aromatic nitrogens is 2. The largest absolute Gasteiger partial charge is 0.462 e. The van der Waals surface area contributed by atoms with Crippen LogP contribution >= 0.6 is 0 Å². The van der Waals surface area contributed by atoms with Gasteiger partial charge in [0.15, 0.2) is 0 Å².